The molecule has 3 aromatic rings. The zero-order chi connectivity index (χ0) is 19.0. The summed E-state index contributed by atoms with van der Waals surface area (Å²) in [5.74, 6) is 0.953. The first kappa shape index (κ1) is 18.1. The minimum absolute atomic E-state index is 0.0617. The van der Waals surface area contributed by atoms with Gasteiger partial charge in [0.2, 0.25) is 0 Å². The van der Waals surface area contributed by atoms with Gasteiger partial charge >= 0.3 is 0 Å². The van der Waals surface area contributed by atoms with Gasteiger partial charge < -0.3 is 15.0 Å². The third-order valence-electron chi connectivity index (χ3n) is 6.32. The number of hydrogen-bond acceptors (Lipinski definition) is 4. The molecule has 1 saturated heterocycles. The molecule has 0 radical (unpaired) electrons. The molecule has 0 saturated carbocycles. The smallest absolute Gasteiger partial charge is 0.119 e. The van der Waals surface area contributed by atoms with Gasteiger partial charge in [0.1, 0.15) is 12.4 Å². The van der Waals surface area contributed by atoms with Crippen LogP contribution in [0.15, 0.2) is 53.4 Å². The fraction of sp³-hybridized carbons (Fsp3) is 0.391. The first-order valence-corrected chi connectivity index (χ1v) is 11.4. The van der Waals surface area contributed by atoms with Crippen LogP contribution in [-0.4, -0.2) is 48.9 Å². The molecule has 28 heavy (non-hydrogen) atoms. The van der Waals surface area contributed by atoms with Crippen molar-refractivity contribution in [2.45, 2.75) is 23.3 Å². The summed E-state index contributed by atoms with van der Waals surface area (Å²) in [4.78, 5) is 7.79. The van der Waals surface area contributed by atoms with Crippen molar-refractivity contribution >= 4 is 22.7 Å². The van der Waals surface area contributed by atoms with Gasteiger partial charge in [0.05, 0.1) is 5.54 Å². The summed E-state index contributed by atoms with van der Waals surface area (Å²) in [7, 11) is 0. The molecule has 2 aliphatic rings. The summed E-state index contributed by atoms with van der Waals surface area (Å²) in [6.45, 7) is 4.83. The van der Waals surface area contributed by atoms with Crippen LogP contribution in [0.25, 0.3) is 10.9 Å². The fourth-order valence-electron chi connectivity index (χ4n) is 4.91. The molecular weight excluding hydrogens is 366 g/mol. The van der Waals surface area contributed by atoms with Gasteiger partial charge in [0, 0.05) is 41.1 Å². The number of nitrogens with one attached hydrogen (secondary N) is 2. The SMILES string of the molecule is CSc1ccc2[nH]c3c(c2c1)CCN(CCOc1ccccc1)[C@@]31CCNC1. The number of aromatic nitrogens is 1. The van der Waals surface area contributed by atoms with Crippen molar-refractivity contribution in [2.24, 2.45) is 0 Å². The molecule has 0 aliphatic carbocycles. The summed E-state index contributed by atoms with van der Waals surface area (Å²) in [6.07, 6.45) is 4.39. The normalized spacial score (nSPS) is 22.0. The average molecular weight is 394 g/mol. The maximum absolute atomic E-state index is 6.01. The van der Waals surface area contributed by atoms with Crippen molar-refractivity contribution in [3.8, 4) is 5.75 Å². The number of para-hydroxylation sites is 1. The summed E-state index contributed by atoms with van der Waals surface area (Å²) >= 11 is 1.82. The van der Waals surface area contributed by atoms with E-state index >= 15 is 0 Å². The van der Waals surface area contributed by atoms with E-state index in [1.807, 2.05) is 42.1 Å². The molecule has 0 bridgehead atoms. The number of fused-ring (bicyclic) bond motifs is 4. The second kappa shape index (κ2) is 7.47. The molecule has 1 spiro atoms. The highest BCUT2D eigenvalue weighted by Crippen LogP contribution is 2.42. The highest BCUT2D eigenvalue weighted by atomic mass is 32.2. The molecule has 146 valence electrons. The predicted octanol–water partition coefficient (Wildman–Crippen LogP) is 4.02. The van der Waals surface area contributed by atoms with Crippen molar-refractivity contribution in [1.82, 2.24) is 15.2 Å². The van der Waals surface area contributed by atoms with Gasteiger partial charge in [-0.2, -0.15) is 0 Å². The Morgan fingerprint density at radius 2 is 2.07 bits per heavy atom. The lowest BCUT2D eigenvalue weighted by molar-refractivity contribution is 0.0706. The molecule has 2 N–H and O–H groups in total. The Hall–Kier alpha value is -1.95. The summed E-state index contributed by atoms with van der Waals surface area (Å²) in [6, 6.07) is 17.0. The molecule has 3 heterocycles. The second-order valence-corrected chi connectivity index (χ2v) is 8.63. The van der Waals surface area contributed by atoms with E-state index in [2.05, 4.69) is 39.7 Å². The van der Waals surface area contributed by atoms with Gasteiger partial charge in [-0.3, -0.25) is 4.90 Å². The van der Waals surface area contributed by atoms with E-state index in [0.29, 0.717) is 0 Å². The van der Waals surface area contributed by atoms with E-state index < -0.39 is 0 Å². The Bertz CT molecular complexity index is 963. The molecule has 2 aromatic carbocycles. The van der Waals surface area contributed by atoms with Gasteiger partial charge in [-0.1, -0.05) is 18.2 Å². The Morgan fingerprint density at radius 3 is 2.86 bits per heavy atom. The van der Waals surface area contributed by atoms with E-state index in [0.717, 1.165) is 51.4 Å². The van der Waals surface area contributed by atoms with E-state index in [-0.39, 0.29) is 5.54 Å². The molecule has 4 nitrogen and oxygen atoms in total. The molecule has 1 aromatic heterocycles. The fourth-order valence-corrected chi connectivity index (χ4v) is 5.35. The summed E-state index contributed by atoms with van der Waals surface area (Å²) < 4.78 is 6.01. The number of nitrogens with zero attached hydrogens (tertiary/aromatic N) is 1. The van der Waals surface area contributed by atoms with Gasteiger partial charge in [-0.15, -0.1) is 11.8 Å². The lowest BCUT2D eigenvalue weighted by Gasteiger charge is -2.44. The number of ether oxygens (including phenoxy) is 1. The van der Waals surface area contributed by atoms with Crippen LogP contribution in [0.4, 0.5) is 0 Å². The van der Waals surface area contributed by atoms with Crippen LogP contribution in [-0.2, 0) is 12.0 Å². The van der Waals surface area contributed by atoms with Crippen LogP contribution < -0.4 is 10.1 Å². The highest BCUT2D eigenvalue weighted by molar-refractivity contribution is 7.98. The lowest BCUT2D eigenvalue weighted by atomic mass is 9.84. The van der Waals surface area contributed by atoms with Crippen molar-refractivity contribution in [3.05, 3.63) is 59.8 Å². The van der Waals surface area contributed by atoms with Crippen molar-refractivity contribution in [2.75, 3.05) is 39.0 Å². The van der Waals surface area contributed by atoms with Crippen LogP contribution in [0.1, 0.15) is 17.7 Å². The second-order valence-electron chi connectivity index (χ2n) is 7.75. The maximum Gasteiger partial charge on any atom is 0.119 e. The third-order valence-corrected chi connectivity index (χ3v) is 7.05. The Morgan fingerprint density at radius 1 is 1.18 bits per heavy atom. The Balaban J connectivity index is 1.43. The zero-order valence-corrected chi connectivity index (χ0v) is 17.1. The molecule has 1 atom stereocenters. The van der Waals surface area contributed by atoms with Crippen LogP contribution in [0.2, 0.25) is 0 Å². The number of hydrogen-bond donors (Lipinski definition) is 2. The van der Waals surface area contributed by atoms with Crippen molar-refractivity contribution < 1.29 is 4.74 Å². The molecule has 1 fully saturated rings. The van der Waals surface area contributed by atoms with Crippen LogP contribution >= 0.6 is 11.8 Å². The summed E-state index contributed by atoms with van der Waals surface area (Å²) in [5, 5.41) is 5.03. The van der Waals surface area contributed by atoms with Crippen LogP contribution in [0.3, 0.4) is 0 Å². The molecule has 0 amide bonds. The van der Waals surface area contributed by atoms with E-state index in [9.17, 15) is 0 Å². The van der Waals surface area contributed by atoms with Gasteiger partial charge in [-0.05, 0) is 61.5 Å². The minimum Gasteiger partial charge on any atom is -0.492 e. The van der Waals surface area contributed by atoms with Gasteiger partial charge in [0.25, 0.3) is 0 Å². The van der Waals surface area contributed by atoms with Gasteiger partial charge in [-0.25, -0.2) is 0 Å². The van der Waals surface area contributed by atoms with E-state index in [4.69, 9.17) is 4.74 Å². The number of benzene rings is 2. The number of H-pyrrole nitrogens is 1. The molecular formula is C23H27N3OS. The maximum atomic E-state index is 6.01. The highest BCUT2D eigenvalue weighted by Gasteiger charge is 2.46. The molecule has 5 rings (SSSR count). The lowest BCUT2D eigenvalue weighted by Crippen LogP contribution is -2.53. The first-order valence-electron chi connectivity index (χ1n) is 10.1. The predicted molar refractivity (Wildman–Crippen MR) is 116 cm³/mol. The monoisotopic (exact) mass is 393 g/mol. The van der Waals surface area contributed by atoms with Crippen molar-refractivity contribution in [1.29, 1.82) is 0 Å². The Labute approximate surface area is 170 Å². The third kappa shape index (κ3) is 3.02. The molecule has 0 unspecified atom stereocenters. The minimum atomic E-state index is 0.0617. The number of thioether (sulfide) groups is 1. The van der Waals surface area contributed by atoms with E-state index in [1.54, 1.807) is 0 Å². The topological polar surface area (TPSA) is 40.3 Å². The van der Waals surface area contributed by atoms with Crippen LogP contribution in [0, 0.1) is 0 Å². The van der Waals surface area contributed by atoms with Crippen molar-refractivity contribution in [3.63, 3.8) is 0 Å². The standard InChI is InChI=1S/C23H27N3OS/c1-28-18-7-8-21-20(15-18)19-9-12-26(13-14-27-17-5-3-2-4-6-17)23(22(19)25-21)10-11-24-16-23/h2-8,15,24-25H,9-14,16H2,1H3/t23-/m1/s1. The Kier molecular flexibility index (Phi) is 4.83. The molecule has 5 heteroatoms. The average Bonchev–Trinajstić information content (AvgIpc) is 3.36. The molecule has 2 aliphatic heterocycles. The number of aromatic amines is 1. The first-order chi connectivity index (χ1) is 13.8. The largest absolute Gasteiger partial charge is 0.492 e. The quantitative estimate of drug-likeness (QED) is 0.643. The number of rotatable bonds is 5. The summed E-state index contributed by atoms with van der Waals surface area (Å²) in [5.41, 5.74) is 4.29. The van der Waals surface area contributed by atoms with Gasteiger partial charge in [0.15, 0.2) is 0 Å². The van der Waals surface area contributed by atoms with Crippen LogP contribution in [0.5, 0.6) is 5.75 Å². The zero-order valence-electron chi connectivity index (χ0n) is 16.3. The van der Waals surface area contributed by atoms with E-state index in [1.165, 1.54) is 27.1 Å².